The van der Waals surface area contributed by atoms with Crippen molar-refractivity contribution in [3.8, 4) is 0 Å². The number of aryl methyl sites for hydroxylation is 1. The summed E-state index contributed by atoms with van der Waals surface area (Å²) in [5.74, 6) is 0.567. The molecule has 2 aromatic rings. The van der Waals surface area contributed by atoms with Crippen LogP contribution in [0.5, 0.6) is 0 Å². The number of nitrogens with one attached hydrogen (secondary N) is 1. The third kappa shape index (κ3) is 4.73. The Morgan fingerprint density at radius 2 is 1.69 bits per heavy atom. The van der Waals surface area contributed by atoms with E-state index < -0.39 is 0 Å². The second-order valence-corrected chi connectivity index (χ2v) is 7.73. The molecule has 3 nitrogen and oxygen atoms in total. The minimum absolute atomic E-state index is 0.134. The summed E-state index contributed by atoms with van der Waals surface area (Å²) in [5.41, 5.74) is 3.71. The standard InChI is InChI=1S/C23H30N2O/c1-4-17-10-12-19(13-11-17)21(16(2)3)25-22(18-8-6-5-7-9-18)23(26)24-20-14-15-20/h5-13,16,20-22,25H,4,14-15H2,1-3H3,(H,24,26)/p+1/t21-,22-/m0/s1. The highest BCUT2D eigenvalue weighted by atomic mass is 16.2. The molecule has 1 amide bonds. The fraction of sp³-hybridized carbons (Fsp3) is 0.435. The molecule has 3 heteroatoms. The summed E-state index contributed by atoms with van der Waals surface area (Å²) in [7, 11) is 0. The Morgan fingerprint density at radius 1 is 1.04 bits per heavy atom. The van der Waals surface area contributed by atoms with Gasteiger partial charge in [-0.2, -0.15) is 0 Å². The molecule has 26 heavy (non-hydrogen) atoms. The Morgan fingerprint density at radius 3 is 2.23 bits per heavy atom. The molecule has 0 aliphatic heterocycles. The second kappa shape index (κ2) is 8.50. The van der Waals surface area contributed by atoms with Gasteiger partial charge in [0.25, 0.3) is 5.91 Å². The van der Waals surface area contributed by atoms with Gasteiger partial charge < -0.3 is 10.6 Å². The summed E-state index contributed by atoms with van der Waals surface area (Å²) in [5, 5.41) is 5.44. The van der Waals surface area contributed by atoms with Crippen LogP contribution in [-0.2, 0) is 11.2 Å². The maximum Gasteiger partial charge on any atom is 0.283 e. The summed E-state index contributed by atoms with van der Waals surface area (Å²) >= 11 is 0. The van der Waals surface area contributed by atoms with Crippen LogP contribution in [0, 0.1) is 5.92 Å². The number of benzene rings is 2. The van der Waals surface area contributed by atoms with Crippen LogP contribution in [0.15, 0.2) is 54.6 Å². The average Bonchev–Trinajstić information content (AvgIpc) is 3.47. The van der Waals surface area contributed by atoms with Gasteiger partial charge in [0, 0.05) is 23.1 Å². The van der Waals surface area contributed by atoms with Gasteiger partial charge >= 0.3 is 0 Å². The van der Waals surface area contributed by atoms with Crippen molar-refractivity contribution in [3.63, 3.8) is 0 Å². The van der Waals surface area contributed by atoms with Crippen LogP contribution in [0.3, 0.4) is 0 Å². The molecule has 1 saturated carbocycles. The van der Waals surface area contributed by atoms with Crippen molar-refractivity contribution < 1.29 is 10.1 Å². The third-order valence-electron chi connectivity index (χ3n) is 5.26. The number of hydrogen-bond donors (Lipinski definition) is 2. The molecule has 2 aromatic carbocycles. The Kier molecular flexibility index (Phi) is 6.10. The lowest BCUT2D eigenvalue weighted by molar-refractivity contribution is -0.728. The SMILES string of the molecule is CCc1ccc([C@@H]([NH2+][C@H](C(=O)NC2CC2)c2ccccc2)C(C)C)cc1. The van der Waals surface area contributed by atoms with E-state index in [1.54, 1.807) is 0 Å². The minimum atomic E-state index is -0.213. The van der Waals surface area contributed by atoms with Crippen LogP contribution in [-0.4, -0.2) is 11.9 Å². The molecule has 1 aliphatic rings. The topological polar surface area (TPSA) is 45.7 Å². The third-order valence-corrected chi connectivity index (χ3v) is 5.26. The molecule has 2 atom stereocenters. The summed E-state index contributed by atoms with van der Waals surface area (Å²) in [6.07, 6.45) is 3.27. The average molecular weight is 352 g/mol. The maximum absolute atomic E-state index is 12.9. The predicted octanol–water partition coefficient (Wildman–Crippen LogP) is 3.53. The van der Waals surface area contributed by atoms with Gasteiger partial charge in [-0.05, 0) is 24.8 Å². The molecule has 0 bridgehead atoms. The zero-order valence-corrected chi connectivity index (χ0v) is 16.1. The van der Waals surface area contributed by atoms with E-state index in [9.17, 15) is 4.79 Å². The van der Waals surface area contributed by atoms with Crippen LogP contribution >= 0.6 is 0 Å². The number of rotatable bonds is 8. The van der Waals surface area contributed by atoms with Crippen LogP contribution in [0.2, 0.25) is 0 Å². The van der Waals surface area contributed by atoms with Crippen molar-refractivity contribution in [2.24, 2.45) is 5.92 Å². The number of quaternary nitrogens is 1. The molecule has 0 spiro atoms. The molecule has 0 radical (unpaired) electrons. The number of hydrogen-bond acceptors (Lipinski definition) is 1. The number of carbonyl (C=O) groups excluding carboxylic acids is 1. The highest BCUT2D eigenvalue weighted by Crippen LogP contribution is 2.23. The minimum Gasteiger partial charge on any atom is -0.348 e. The van der Waals surface area contributed by atoms with Gasteiger partial charge in [-0.25, -0.2) is 0 Å². The van der Waals surface area contributed by atoms with E-state index in [2.05, 4.69) is 67.8 Å². The van der Waals surface area contributed by atoms with E-state index in [4.69, 9.17) is 0 Å². The molecule has 138 valence electrons. The first-order chi connectivity index (χ1) is 12.6. The van der Waals surface area contributed by atoms with Crippen molar-refractivity contribution in [1.29, 1.82) is 0 Å². The van der Waals surface area contributed by atoms with E-state index in [0.29, 0.717) is 12.0 Å². The molecule has 0 heterocycles. The lowest BCUT2D eigenvalue weighted by Crippen LogP contribution is -2.89. The Balaban J connectivity index is 1.84. The first kappa shape index (κ1) is 18.7. The molecular formula is C23H31N2O+. The molecule has 3 N–H and O–H groups in total. The quantitative estimate of drug-likeness (QED) is 0.751. The lowest BCUT2D eigenvalue weighted by Gasteiger charge is -2.25. The van der Waals surface area contributed by atoms with Gasteiger partial charge in [-0.1, -0.05) is 75.4 Å². The van der Waals surface area contributed by atoms with Crippen molar-refractivity contribution in [1.82, 2.24) is 5.32 Å². The first-order valence-corrected chi connectivity index (χ1v) is 9.87. The fourth-order valence-electron chi connectivity index (χ4n) is 3.43. The highest BCUT2D eigenvalue weighted by Gasteiger charge is 2.33. The zero-order chi connectivity index (χ0) is 18.5. The molecule has 0 aromatic heterocycles. The second-order valence-electron chi connectivity index (χ2n) is 7.73. The van der Waals surface area contributed by atoms with Crippen LogP contribution < -0.4 is 10.6 Å². The molecule has 0 unspecified atom stereocenters. The highest BCUT2D eigenvalue weighted by molar-refractivity contribution is 5.82. The largest absolute Gasteiger partial charge is 0.348 e. The Bertz CT molecular complexity index is 705. The monoisotopic (exact) mass is 351 g/mol. The number of carbonyl (C=O) groups is 1. The van der Waals surface area contributed by atoms with Crippen molar-refractivity contribution >= 4 is 5.91 Å². The Labute approximate surface area is 157 Å². The molecule has 1 aliphatic carbocycles. The lowest BCUT2D eigenvalue weighted by atomic mass is 9.93. The van der Waals surface area contributed by atoms with Gasteiger partial charge in [0.2, 0.25) is 0 Å². The maximum atomic E-state index is 12.9. The van der Waals surface area contributed by atoms with Gasteiger partial charge in [0.05, 0.1) is 0 Å². The number of nitrogens with two attached hydrogens (primary N) is 1. The summed E-state index contributed by atoms with van der Waals surface area (Å²) < 4.78 is 0. The number of amides is 1. The van der Waals surface area contributed by atoms with Crippen molar-refractivity contribution in [2.75, 3.05) is 0 Å². The van der Waals surface area contributed by atoms with Crippen molar-refractivity contribution in [3.05, 3.63) is 71.3 Å². The first-order valence-electron chi connectivity index (χ1n) is 9.87. The summed E-state index contributed by atoms with van der Waals surface area (Å²) in [6.45, 7) is 6.64. The van der Waals surface area contributed by atoms with Gasteiger partial charge in [0.15, 0.2) is 6.04 Å². The Hall–Kier alpha value is -2.13. The van der Waals surface area contributed by atoms with E-state index in [1.165, 1.54) is 11.1 Å². The van der Waals surface area contributed by atoms with Crippen LogP contribution in [0.1, 0.15) is 62.4 Å². The molecule has 3 rings (SSSR count). The summed E-state index contributed by atoms with van der Waals surface area (Å²) in [6, 6.07) is 19.4. The molecule has 1 fully saturated rings. The van der Waals surface area contributed by atoms with Crippen LogP contribution in [0.4, 0.5) is 0 Å². The van der Waals surface area contributed by atoms with Gasteiger partial charge in [0.1, 0.15) is 6.04 Å². The zero-order valence-electron chi connectivity index (χ0n) is 16.1. The molecular weight excluding hydrogens is 320 g/mol. The van der Waals surface area contributed by atoms with E-state index in [1.807, 2.05) is 18.2 Å². The smallest absolute Gasteiger partial charge is 0.283 e. The van der Waals surface area contributed by atoms with Crippen LogP contribution in [0.25, 0.3) is 0 Å². The normalized spacial score (nSPS) is 16.3. The van der Waals surface area contributed by atoms with Crippen molar-refractivity contribution in [2.45, 2.75) is 58.2 Å². The summed E-state index contributed by atoms with van der Waals surface area (Å²) in [4.78, 5) is 12.9. The van der Waals surface area contributed by atoms with E-state index in [-0.39, 0.29) is 18.0 Å². The van der Waals surface area contributed by atoms with E-state index in [0.717, 1.165) is 24.8 Å². The predicted molar refractivity (Wildman–Crippen MR) is 106 cm³/mol. The van der Waals surface area contributed by atoms with Gasteiger partial charge in [-0.3, -0.25) is 4.79 Å². The fourth-order valence-corrected chi connectivity index (χ4v) is 3.43. The molecule has 0 saturated heterocycles. The van der Waals surface area contributed by atoms with E-state index >= 15 is 0 Å². The van der Waals surface area contributed by atoms with Gasteiger partial charge in [-0.15, -0.1) is 0 Å².